The average molecular weight is 331 g/mol. The standard InChI is InChI=1S/C18H28BN2O3/c1-12(2)16-7-6-14(20)8-13(16)9-15(21-19-11-22)10-17(23)24-18(3,4)5/h6-8,11-12,15,21H,9-10,20H2,1-5H3/t15-/m0/s1. The fourth-order valence-electron chi connectivity index (χ4n) is 2.58. The minimum absolute atomic E-state index is 0.175. The van der Waals surface area contributed by atoms with Gasteiger partial charge in [-0.3, -0.25) is 4.79 Å². The Bertz CT molecular complexity index is 568. The molecule has 0 saturated heterocycles. The second-order valence-corrected chi connectivity index (χ2v) is 7.27. The molecule has 0 saturated carbocycles. The maximum atomic E-state index is 12.1. The van der Waals surface area contributed by atoms with Gasteiger partial charge in [-0.25, -0.2) is 0 Å². The number of nitrogens with one attached hydrogen (secondary N) is 1. The summed E-state index contributed by atoms with van der Waals surface area (Å²) < 4.78 is 5.38. The number of rotatable bonds is 8. The van der Waals surface area contributed by atoms with Crippen LogP contribution in [0.1, 0.15) is 58.1 Å². The van der Waals surface area contributed by atoms with E-state index in [4.69, 9.17) is 10.5 Å². The van der Waals surface area contributed by atoms with Crippen molar-refractivity contribution in [1.82, 2.24) is 5.23 Å². The van der Waals surface area contributed by atoms with Crippen LogP contribution in [0.2, 0.25) is 0 Å². The predicted octanol–water partition coefficient (Wildman–Crippen LogP) is 2.43. The number of nitrogen functional groups attached to an aromatic ring is 1. The number of ether oxygens (including phenoxy) is 1. The van der Waals surface area contributed by atoms with Gasteiger partial charge in [0.05, 0.1) is 12.6 Å². The van der Waals surface area contributed by atoms with Gasteiger partial charge in [0.2, 0.25) is 0 Å². The van der Waals surface area contributed by atoms with E-state index in [0.717, 1.165) is 5.56 Å². The zero-order valence-corrected chi connectivity index (χ0v) is 15.3. The second kappa shape index (κ2) is 8.88. The summed E-state index contributed by atoms with van der Waals surface area (Å²) in [6, 6.07) is 5.60. The Hall–Kier alpha value is -1.82. The maximum absolute atomic E-state index is 12.1. The smallest absolute Gasteiger partial charge is 0.307 e. The first-order chi connectivity index (χ1) is 11.1. The molecule has 1 aromatic rings. The van der Waals surface area contributed by atoms with E-state index in [1.54, 1.807) is 0 Å². The summed E-state index contributed by atoms with van der Waals surface area (Å²) >= 11 is 0. The molecule has 6 heteroatoms. The van der Waals surface area contributed by atoms with Crippen LogP contribution in [0.4, 0.5) is 5.69 Å². The summed E-state index contributed by atoms with van der Waals surface area (Å²) in [6.45, 7) is 9.73. The molecule has 0 bridgehead atoms. The van der Waals surface area contributed by atoms with E-state index in [9.17, 15) is 9.59 Å². The first-order valence-electron chi connectivity index (χ1n) is 8.25. The Balaban J connectivity index is 2.91. The van der Waals surface area contributed by atoms with Crippen molar-refractivity contribution in [1.29, 1.82) is 0 Å². The lowest BCUT2D eigenvalue weighted by Crippen LogP contribution is -2.38. The largest absolute Gasteiger partial charge is 0.460 e. The van der Waals surface area contributed by atoms with Crippen molar-refractivity contribution in [2.75, 3.05) is 5.73 Å². The van der Waals surface area contributed by atoms with Gasteiger partial charge in [0.25, 0.3) is 7.41 Å². The van der Waals surface area contributed by atoms with Crippen molar-refractivity contribution in [2.24, 2.45) is 0 Å². The molecule has 0 aliphatic rings. The van der Waals surface area contributed by atoms with Crippen LogP contribution in [0.3, 0.4) is 0 Å². The molecular weight excluding hydrogens is 303 g/mol. The molecule has 3 N–H and O–H groups in total. The average Bonchev–Trinajstić information content (AvgIpc) is 2.42. The SMILES string of the molecule is CC(C)c1ccc(N)cc1C[C@@H](CC(=O)OC(C)(C)C)N[B]C=O. The highest BCUT2D eigenvalue weighted by Gasteiger charge is 2.21. The highest BCUT2D eigenvalue weighted by Crippen LogP contribution is 2.24. The van der Waals surface area contributed by atoms with E-state index in [2.05, 4.69) is 19.1 Å². The molecule has 0 fully saturated rings. The van der Waals surface area contributed by atoms with Gasteiger partial charge in [-0.1, -0.05) is 19.9 Å². The van der Waals surface area contributed by atoms with Crippen LogP contribution in [0.5, 0.6) is 0 Å². The molecule has 0 unspecified atom stereocenters. The number of hydrogen-bond acceptors (Lipinski definition) is 5. The number of carbonyl (C=O) groups is 2. The van der Waals surface area contributed by atoms with Gasteiger partial charge in [-0.2, -0.15) is 0 Å². The number of carbonyl (C=O) groups excluding carboxylic acids is 2. The highest BCUT2D eigenvalue weighted by atomic mass is 16.6. The van der Waals surface area contributed by atoms with Gasteiger partial charge < -0.3 is 20.5 Å². The Morgan fingerprint density at radius 2 is 2.04 bits per heavy atom. The van der Waals surface area contributed by atoms with Gasteiger partial charge in [0.1, 0.15) is 5.60 Å². The first-order valence-corrected chi connectivity index (χ1v) is 8.25. The Labute approximate surface area is 145 Å². The van der Waals surface area contributed by atoms with Crippen molar-refractivity contribution in [3.8, 4) is 0 Å². The lowest BCUT2D eigenvalue weighted by Gasteiger charge is -2.24. The molecule has 1 atom stereocenters. The van der Waals surface area contributed by atoms with Gasteiger partial charge in [0, 0.05) is 11.7 Å². The summed E-state index contributed by atoms with van der Waals surface area (Å²) in [5, 5.41) is 2.99. The fraction of sp³-hybridized carbons (Fsp3) is 0.556. The molecule has 0 amide bonds. The number of esters is 1. The molecule has 24 heavy (non-hydrogen) atoms. The van der Waals surface area contributed by atoms with Crippen molar-refractivity contribution in [3.63, 3.8) is 0 Å². The van der Waals surface area contributed by atoms with Crippen LogP contribution in [-0.2, 0) is 20.7 Å². The first kappa shape index (κ1) is 20.2. The molecule has 5 nitrogen and oxygen atoms in total. The summed E-state index contributed by atoms with van der Waals surface area (Å²) in [5.41, 5.74) is 8.33. The molecule has 0 aliphatic carbocycles. The van der Waals surface area contributed by atoms with Crippen LogP contribution in [0.15, 0.2) is 18.2 Å². The summed E-state index contributed by atoms with van der Waals surface area (Å²) in [7, 11) is 1.32. The second-order valence-electron chi connectivity index (χ2n) is 7.27. The van der Waals surface area contributed by atoms with E-state index in [1.165, 1.54) is 13.0 Å². The molecule has 0 heterocycles. The normalized spacial score (nSPS) is 12.8. The van der Waals surface area contributed by atoms with Crippen molar-refractivity contribution in [2.45, 2.75) is 65.0 Å². The van der Waals surface area contributed by atoms with Crippen LogP contribution >= 0.6 is 0 Å². The van der Waals surface area contributed by atoms with E-state index < -0.39 is 5.60 Å². The predicted molar refractivity (Wildman–Crippen MR) is 98.5 cm³/mol. The maximum Gasteiger partial charge on any atom is 0.307 e. The molecule has 0 spiro atoms. The summed E-state index contributed by atoms with van der Waals surface area (Å²) in [5.74, 6) is 0.0483. The van der Waals surface area contributed by atoms with Crippen LogP contribution < -0.4 is 11.0 Å². The summed E-state index contributed by atoms with van der Waals surface area (Å²) in [4.78, 5) is 22.8. The van der Waals surface area contributed by atoms with Crippen molar-refractivity contribution < 1.29 is 14.3 Å². The van der Waals surface area contributed by atoms with Gasteiger partial charge >= 0.3 is 5.97 Å². The molecule has 1 rings (SSSR count). The van der Waals surface area contributed by atoms with E-state index in [0.29, 0.717) is 24.2 Å². The fourth-order valence-corrected chi connectivity index (χ4v) is 2.58. The highest BCUT2D eigenvalue weighted by molar-refractivity contribution is 6.64. The summed E-state index contributed by atoms with van der Waals surface area (Å²) in [6.07, 6.45) is 1.43. The topological polar surface area (TPSA) is 81.4 Å². The molecule has 1 aromatic carbocycles. The lowest BCUT2D eigenvalue weighted by molar-refractivity contribution is -0.155. The Morgan fingerprint density at radius 1 is 1.38 bits per heavy atom. The number of anilines is 1. The molecule has 131 valence electrons. The quantitative estimate of drug-likeness (QED) is 0.331. The van der Waals surface area contributed by atoms with Crippen molar-refractivity contribution >= 4 is 25.3 Å². The number of nitrogens with two attached hydrogens (primary N) is 1. The van der Waals surface area contributed by atoms with E-state index in [1.807, 2.05) is 39.0 Å². The minimum atomic E-state index is -0.531. The van der Waals surface area contributed by atoms with Gasteiger partial charge in [-0.05, 0) is 56.4 Å². The van der Waals surface area contributed by atoms with Crippen LogP contribution in [0.25, 0.3) is 0 Å². The Kier molecular flexibility index (Phi) is 7.48. The van der Waals surface area contributed by atoms with Crippen LogP contribution in [-0.4, -0.2) is 31.2 Å². The van der Waals surface area contributed by atoms with E-state index in [-0.39, 0.29) is 18.4 Å². The third kappa shape index (κ3) is 7.17. The zero-order valence-electron chi connectivity index (χ0n) is 15.3. The Morgan fingerprint density at radius 3 is 2.58 bits per heavy atom. The number of benzene rings is 1. The lowest BCUT2D eigenvalue weighted by atomic mass is 9.88. The molecule has 1 radical (unpaired) electrons. The van der Waals surface area contributed by atoms with Gasteiger partial charge in [-0.15, -0.1) is 0 Å². The van der Waals surface area contributed by atoms with Crippen LogP contribution in [0, 0.1) is 0 Å². The third-order valence-electron chi connectivity index (χ3n) is 3.49. The monoisotopic (exact) mass is 331 g/mol. The molecule has 0 aromatic heterocycles. The molecular formula is C18H28BN2O3. The van der Waals surface area contributed by atoms with E-state index >= 15 is 0 Å². The third-order valence-corrected chi connectivity index (χ3v) is 3.49. The number of hydrogen-bond donors (Lipinski definition) is 2. The minimum Gasteiger partial charge on any atom is -0.460 e. The van der Waals surface area contributed by atoms with Crippen molar-refractivity contribution in [3.05, 3.63) is 29.3 Å². The zero-order chi connectivity index (χ0) is 18.3. The molecule has 0 aliphatic heterocycles. The van der Waals surface area contributed by atoms with Gasteiger partial charge in [0.15, 0.2) is 0 Å².